The van der Waals surface area contributed by atoms with Crippen molar-refractivity contribution < 1.29 is 13.2 Å². The maximum Gasteiger partial charge on any atom is 0.235 e. The van der Waals surface area contributed by atoms with E-state index in [1.165, 1.54) is 6.08 Å². The minimum atomic E-state index is -3.33. The second-order valence-electron chi connectivity index (χ2n) is 4.07. The molecule has 0 aromatic heterocycles. The number of rotatable bonds is 10. The molecule has 0 rings (SSSR count). The summed E-state index contributed by atoms with van der Waals surface area (Å²) in [7, 11) is -3.33. The predicted octanol–water partition coefficient (Wildman–Crippen LogP) is 0.435. The normalized spacial score (nSPS) is 11.5. The number of sulfone groups is 1. The molecule has 0 aliphatic carbocycles. The van der Waals surface area contributed by atoms with Crippen molar-refractivity contribution in [3.8, 4) is 0 Å². The fourth-order valence-electron chi connectivity index (χ4n) is 1.56. The zero-order valence-corrected chi connectivity index (χ0v) is 12.1. The lowest BCUT2D eigenvalue weighted by Gasteiger charge is -2.17. The Hall–Kier alpha value is -0.880. The minimum Gasteiger partial charge on any atom is -0.355 e. The van der Waals surface area contributed by atoms with Gasteiger partial charge in [0.25, 0.3) is 0 Å². The molecule has 18 heavy (non-hydrogen) atoms. The van der Waals surface area contributed by atoms with E-state index in [2.05, 4.69) is 30.6 Å². The van der Waals surface area contributed by atoms with E-state index in [0.717, 1.165) is 26.1 Å². The van der Waals surface area contributed by atoms with Crippen molar-refractivity contribution in [2.75, 3.05) is 37.7 Å². The molecular weight excluding hydrogens is 252 g/mol. The van der Waals surface area contributed by atoms with Gasteiger partial charge in [-0.3, -0.25) is 4.79 Å². The van der Waals surface area contributed by atoms with Gasteiger partial charge < -0.3 is 10.2 Å². The van der Waals surface area contributed by atoms with E-state index in [4.69, 9.17) is 0 Å². The fraction of sp³-hybridized carbons (Fsp3) is 0.750. The number of carbonyl (C=O) groups is 1. The molecule has 0 saturated carbocycles. The molecule has 6 heteroatoms. The van der Waals surface area contributed by atoms with Crippen molar-refractivity contribution in [2.24, 2.45) is 0 Å². The third kappa shape index (κ3) is 8.25. The van der Waals surface area contributed by atoms with Crippen molar-refractivity contribution in [2.45, 2.75) is 20.3 Å². The summed E-state index contributed by atoms with van der Waals surface area (Å²) in [5.74, 6) is -1.04. The molecule has 1 N–H and O–H groups in total. The van der Waals surface area contributed by atoms with Crippen molar-refractivity contribution >= 4 is 15.7 Å². The van der Waals surface area contributed by atoms with Gasteiger partial charge >= 0.3 is 0 Å². The van der Waals surface area contributed by atoms with Crippen LogP contribution in [-0.2, 0) is 14.6 Å². The van der Waals surface area contributed by atoms with Crippen LogP contribution in [0.5, 0.6) is 0 Å². The fourth-order valence-corrected chi connectivity index (χ4v) is 2.54. The zero-order chi connectivity index (χ0) is 14.0. The van der Waals surface area contributed by atoms with Gasteiger partial charge in [-0.25, -0.2) is 8.42 Å². The van der Waals surface area contributed by atoms with Gasteiger partial charge in [0.2, 0.25) is 5.91 Å². The number of nitrogens with one attached hydrogen (secondary N) is 1. The van der Waals surface area contributed by atoms with E-state index in [-0.39, 0.29) is 5.75 Å². The average Bonchev–Trinajstić information content (AvgIpc) is 2.28. The van der Waals surface area contributed by atoms with Crippen LogP contribution in [0.2, 0.25) is 0 Å². The number of hydrogen-bond acceptors (Lipinski definition) is 4. The average molecular weight is 276 g/mol. The highest BCUT2D eigenvalue weighted by Gasteiger charge is 2.14. The first-order valence-electron chi connectivity index (χ1n) is 6.25. The molecule has 0 radical (unpaired) electrons. The van der Waals surface area contributed by atoms with E-state index in [1.54, 1.807) is 0 Å². The molecule has 106 valence electrons. The number of amides is 1. The molecule has 0 aromatic carbocycles. The van der Waals surface area contributed by atoms with Gasteiger partial charge in [0.15, 0.2) is 9.84 Å². The van der Waals surface area contributed by atoms with Crippen molar-refractivity contribution in [1.82, 2.24) is 10.2 Å². The van der Waals surface area contributed by atoms with Crippen molar-refractivity contribution in [1.29, 1.82) is 0 Å². The van der Waals surface area contributed by atoms with Gasteiger partial charge in [-0.15, -0.1) is 6.58 Å². The van der Waals surface area contributed by atoms with Gasteiger partial charge in [-0.1, -0.05) is 19.9 Å². The van der Waals surface area contributed by atoms with Gasteiger partial charge in [0, 0.05) is 6.54 Å². The SMILES string of the molecule is C=CCS(=O)(=O)CC(=O)NCCCN(CC)CC. The molecule has 0 fully saturated rings. The maximum atomic E-state index is 11.4. The first-order chi connectivity index (χ1) is 8.45. The van der Waals surface area contributed by atoms with Crippen LogP contribution in [-0.4, -0.2) is 56.9 Å². The summed E-state index contributed by atoms with van der Waals surface area (Å²) in [6.45, 7) is 10.9. The third-order valence-corrected chi connectivity index (χ3v) is 4.04. The Balaban J connectivity index is 3.81. The Labute approximate surface area is 110 Å². The summed E-state index contributed by atoms with van der Waals surface area (Å²) in [6.07, 6.45) is 2.12. The Morgan fingerprint density at radius 3 is 2.44 bits per heavy atom. The summed E-state index contributed by atoms with van der Waals surface area (Å²) in [4.78, 5) is 13.6. The van der Waals surface area contributed by atoms with Gasteiger partial charge in [0.1, 0.15) is 5.75 Å². The molecule has 0 heterocycles. The van der Waals surface area contributed by atoms with E-state index >= 15 is 0 Å². The summed E-state index contributed by atoms with van der Waals surface area (Å²) in [5, 5.41) is 2.62. The summed E-state index contributed by atoms with van der Waals surface area (Å²) >= 11 is 0. The molecule has 0 aliphatic rings. The quantitative estimate of drug-likeness (QED) is 0.464. The van der Waals surface area contributed by atoms with Crippen LogP contribution in [0, 0.1) is 0 Å². The first-order valence-corrected chi connectivity index (χ1v) is 8.07. The van der Waals surface area contributed by atoms with Crippen LogP contribution in [0.4, 0.5) is 0 Å². The second kappa shape index (κ2) is 9.10. The number of hydrogen-bond donors (Lipinski definition) is 1. The van der Waals surface area contributed by atoms with Crippen LogP contribution in [0.3, 0.4) is 0 Å². The minimum absolute atomic E-state index is 0.153. The maximum absolute atomic E-state index is 11.4. The highest BCUT2D eigenvalue weighted by Crippen LogP contribution is 1.92. The molecule has 0 aliphatic heterocycles. The summed E-state index contributed by atoms with van der Waals surface area (Å²) in [5.41, 5.74) is 0. The summed E-state index contributed by atoms with van der Waals surface area (Å²) in [6, 6.07) is 0. The van der Waals surface area contributed by atoms with Crippen molar-refractivity contribution in [3.05, 3.63) is 12.7 Å². The van der Waals surface area contributed by atoms with Gasteiger partial charge in [-0.05, 0) is 26.1 Å². The highest BCUT2D eigenvalue weighted by atomic mass is 32.2. The highest BCUT2D eigenvalue weighted by molar-refractivity contribution is 7.92. The van der Waals surface area contributed by atoms with Crippen LogP contribution in [0.1, 0.15) is 20.3 Å². The van der Waals surface area contributed by atoms with Crippen LogP contribution >= 0.6 is 0 Å². The first kappa shape index (κ1) is 17.1. The Bertz CT molecular complexity index is 348. The van der Waals surface area contributed by atoms with Gasteiger partial charge in [0.05, 0.1) is 5.75 Å². The van der Waals surface area contributed by atoms with Gasteiger partial charge in [-0.2, -0.15) is 0 Å². The van der Waals surface area contributed by atoms with E-state index in [0.29, 0.717) is 6.54 Å². The Kier molecular flexibility index (Phi) is 8.66. The zero-order valence-electron chi connectivity index (χ0n) is 11.3. The standard InChI is InChI=1S/C12H24N2O3S/c1-4-10-18(16,17)11-12(15)13-8-7-9-14(5-2)6-3/h4H,1,5-11H2,2-3H3,(H,13,15). The largest absolute Gasteiger partial charge is 0.355 e. The Morgan fingerprint density at radius 2 is 1.94 bits per heavy atom. The molecule has 0 saturated heterocycles. The second-order valence-corrected chi connectivity index (χ2v) is 6.18. The van der Waals surface area contributed by atoms with Crippen LogP contribution in [0.15, 0.2) is 12.7 Å². The monoisotopic (exact) mass is 276 g/mol. The van der Waals surface area contributed by atoms with Crippen LogP contribution < -0.4 is 5.32 Å². The Morgan fingerprint density at radius 1 is 1.33 bits per heavy atom. The lowest BCUT2D eigenvalue weighted by molar-refractivity contribution is -0.118. The lowest BCUT2D eigenvalue weighted by Crippen LogP contribution is -2.33. The molecular formula is C12H24N2O3S. The molecule has 5 nitrogen and oxygen atoms in total. The number of nitrogens with zero attached hydrogens (tertiary/aromatic N) is 1. The smallest absolute Gasteiger partial charge is 0.235 e. The topological polar surface area (TPSA) is 66.5 Å². The molecule has 0 aromatic rings. The number of carbonyl (C=O) groups excluding carboxylic acids is 1. The predicted molar refractivity (Wildman–Crippen MR) is 74.3 cm³/mol. The third-order valence-electron chi connectivity index (χ3n) is 2.59. The van der Waals surface area contributed by atoms with Crippen LogP contribution in [0.25, 0.3) is 0 Å². The van der Waals surface area contributed by atoms with Crippen molar-refractivity contribution in [3.63, 3.8) is 0 Å². The molecule has 1 amide bonds. The molecule has 0 unspecified atom stereocenters. The van der Waals surface area contributed by atoms with E-state index in [1.807, 2.05) is 0 Å². The lowest BCUT2D eigenvalue weighted by atomic mass is 10.3. The van der Waals surface area contributed by atoms with E-state index in [9.17, 15) is 13.2 Å². The molecule has 0 spiro atoms. The van der Waals surface area contributed by atoms with E-state index < -0.39 is 21.5 Å². The molecule has 0 bridgehead atoms. The molecule has 0 atom stereocenters. The summed E-state index contributed by atoms with van der Waals surface area (Å²) < 4.78 is 22.7.